The van der Waals surface area contributed by atoms with Crippen LogP contribution in [0.15, 0.2) is 186 Å². The number of ether oxygens (including phenoxy) is 2. The monoisotopic (exact) mass is 787 g/mol. The van der Waals surface area contributed by atoms with Crippen LogP contribution in [0.1, 0.15) is 29.5 Å². The van der Waals surface area contributed by atoms with Gasteiger partial charge in [0.25, 0.3) is 0 Å². The first-order chi connectivity index (χ1) is 30.2. The summed E-state index contributed by atoms with van der Waals surface area (Å²) in [5.74, 6) is 3.34. The highest BCUT2D eigenvalue weighted by atomic mass is 16.5. The summed E-state index contributed by atoms with van der Waals surface area (Å²) in [4.78, 5) is 9.25. The van der Waals surface area contributed by atoms with Gasteiger partial charge in [0.1, 0.15) is 34.8 Å². The summed E-state index contributed by atoms with van der Waals surface area (Å²) in [5, 5.41) is 4.39. The summed E-state index contributed by atoms with van der Waals surface area (Å²) in [6, 6.07) is 53.1. The van der Waals surface area contributed by atoms with Gasteiger partial charge in [0.2, 0.25) is 0 Å². The van der Waals surface area contributed by atoms with Crippen LogP contribution in [0.25, 0.3) is 55.5 Å². The zero-order chi connectivity index (χ0) is 40.0. The van der Waals surface area contributed by atoms with Crippen molar-refractivity contribution in [2.24, 2.45) is 0 Å². The fourth-order valence-electron chi connectivity index (χ4n) is 9.90. The van der Waals surface area contributed by atoms with E-state index in [-0.39, 0.29) is 6.10 Å². The Morgan fingerprint density at radius 3 is 2.33 bits per heavy atom. The average Bonchev–Trinajstić information content (AvgIpc) is 3.70. The van der Waals surface area contributed by atoms with Gasteiger partial charge in [-0.3, -0.25) is 4.90 Å². The highest BCUT2D eigenvalue weighted by molar-refractivity contribution is 6.13. The Balaban J connectivity index is 0.919. The van der Waals surface area contributed by atoms with Crippen molar-refractivity contribution < 1.29 is 13.9 Å². The van der Waals surface area contributed by atoms with Gasteiger partial charge in [-0.2, -0.15) is 0 Å². The zero-order valence-corrected chi connectivity index (χ0v) is 33.1. The van der Waals surface area contributed by atoms with Crippen molar-refractivity contribution in [2.45, 2.75) is 25.4 Å². The first-order valence-electron chi connectivity index (χ1n) is 21.0. The molecule has 0 N–H and O–H groups in total. The summed E-state index contributed by atoms with van der Waals surface area (Å²) in [5.41, 5.74) is 14.2. The molecule has 290 valence electrons. The van der Waals surface area contributed by atoms with Gasteiger partial charge in [0.05, 0.1) is 11.4 Å². The number of hydrogen-bond acceptors (Lipinski definition) is 6. The van der Waals surface area contributed by atoms with E-state index in [1.807, 2.05) is 48.7 Å². The van der Waals surface area contributed by atoms with E-state index in [1.165, 1.54) is 22.3 Å². The average molecular weight is 788 g/mol. The summed E-state index contributed by atoms with van der Waals surface area (Å²) in [6.07, 6.45) is 13.5. The fourth-order valence-corrected chi connectivity index (χ4v) is 9.90. The first kappa shape index (κ1) is 34.1. The van der Waals surface area contributed by atoms with Crippen LogP contribution in [0.5, 0.6) is 17.2 Å². The van der Waals surface area contributed by atoms with Gasteiger partial charge in [-0.1, -0.05) is 85.0 Å². The Kier molecular flexibility index (Phi) is 7.45. The van der Waals surface area contributed by atoms with Crippen LogP contribution in [0.4, 0.5) is 28.6 Å². The number of aryl methyl sites for hydroxylation is 1. The molecule has 13 rings (SSSR count). The Labute approximate surface area is 352 Å². The Morgan fingerprint density at radius 2 is 1.39 bits per heavy atom. The molecule has 61 heavy (non-hydrogen) atoms. The van der Waals surface area contributed by atoms with Gasteiger partial charge in [0, 0.05) is 68.4 Å². The van der Waals surface area contributed by atoms with Crippen LogP contribution in [-0.4, -0.2) is 11.1 Å². The third-order valence-electron chi connectivity index (χ3n) is 12.7. The second-order valence-electron chi connectivity index (χ2n) is 16.1. The van der Waals surface area contributed by atoms with E-state index >= 15 is 0 Å². The molecule has 9 aromatic rings. The molecule has 1 unspecified atom stereocenters. The number of nitrogens with zero attached hydrogens (tertiary/aromatic N) is 3. The molecule has 4 aliphatic rings. The summed E-state index contributed by atoms with van der Waals surface area (Å²) >= 11 is 0. The number of allylic oxidation sites excluding steroid dienone is 3. The van der Waals surface area contributed by atoms with Gasteiger partial charge in [-0.25, -0.2) is 4.98 Å². The lowest BCUT2D eigenvalue weighted by atomic mass is 9.84. The minimum Gasteiger partial charge on any atom is -0.485 e. The maximum atomic E-state index is 7.06. The molecule has 4 heterocycles. The maximum Gasteiger partial charge on any atom is 0.159 e. The Bertz CT molecular complexity index is 3320. The molecule has 1 atom stereocenters. The number of aromatic nitrogens is 1. The molecule has 0 fully saturated rings. The predicted molar refractivity (Wildman–Crippen MR) is 247 cm³/mol. The number of benzene rings is 7. The molecule has 0 bridgehead atoms. The molecule has 2 aliphatic heterocycles. The van der Waals surface area contributed by atoms with Crippen LogP contribution in [0.3, 0.4) is 0 Å². The topological polar surface area (TPSA) is 51.0 Å². The molecule has 2 aromatic heterocycles. The number of hydrogen-bond donors (Lipinski definition) is 0. The van der Waals surface area contributed by atoms with E-state index < -0.39 is 0 Å². The Morgan fingerprint density at radius 1 is 0.590 bits per heavy atom. The van der Waals surface area contributed by atoms with E-state index in [0.717, 1.165) is 108 Å². The van der Waals surface area contributed by atoms with Crippen molar-refractivity contribution >= 4 is 72.9 Å². The van der Waals surface area contributed by atoms with Gasteiger partial charge in [-0.05, 0) is 120 Å². The van der Waals surface area contributed by atoms with Crippen LogP contribution in [0, 0.1) is 0 Å². The second kappa shape index (κ2) is 13.3. The van der Waals surface area contributed by atoms with Gasteiger partial charge >= 0.3 is 0 Å². The number of furan rings is 1. The standard InChI is InChI=1S/C55H37N3O3/c1-2-13-36(14-3-1)58(52-19-8-9-30-56-52)39-23-25-42-44-27-28-48-53-43(26-29-49(54(44)53)60-51(42)33-39)41-24-22-38(32-50(41)59-48)57(37-21-20-34-11-4-5-12-35(34)31-37)46-17-10-16-45-40-15-6-7-18-47(40)61-55(45)46/h1-3,5-10,12-31,33,50H,4,11,32H2. The molecule has 6 heteroatoms. The number of anilines is 5. The van der Waals surface area contributed by atoms with Crippen molar-refractivity contribution in [1.82, 2.24) is 4.98 Å². The lowest BCUT2D eigenvalue weighted by molar-refractivity contribution is 0.255. The quantitative estimate of drug-likeness (QED) is 0.167. The van der Waals surface area contributed by atoms with E-state index in [0.29, 0.717) is 6.42 Å². The molecule has 6 nitrogen and oxygen atoms in total. The zero-order valence-electron chi connectivity index (χ0n) is 33.1. The number of rotatable bonds is 6. The van der Waals surface area contributed by atoms with Gasteiger partial charge < -0.3 is 18.8 Å². The number of pyridine rings is 1. The van der Waals surface area contributed by atoms with Crippen LogP contribution < -0.4 is 19.3 Å². The summed E-state index contributed by atoms with van der Waals surface area (Å²) in [6.45, 7) is 0. The third kappa shape index (κ3) is 5.32. The maximum absolute atomic E-state index is 7.06. The SMILES string of the molecule is C1=Cc2cc(N(C3=CC=C4c5ccc6c7c(ccc(c57)OC4C3)-c3ccc(N(c4ccccc4)c4ccccn4)cc3O6)c3cccc4c3oc3ccccc34)ccc2CC1. The van der Waals surface area contributed by atoms with Crippen LogP contribution in [0.2, 0.25) is 0 Å². The Hall–Kier alpha value is -7.83. The van der Waals surface area contributed by atoms with Gasteiger partial charge in [-0.15, -0.1) is 0 Å². The lowest BCUT2D eigenvalue weighted by Gasteiger charge is -2.37. The fraction of sp³-hybridized carbons (Fsp3) is 0.0727. The normalized spacial score (nSPS) is 15.6. The molecule has 7 aromatic carbocycles. The molecule has 2 aliphatic carbocycles. The smallest absolute Gasteiger partial charge is 0.159 e. The van der Waals surface area contributed by atoms with Crippen LogP contribution >= 0.6 is 0 Å². The highest BCUT2D eigenvalue weighted by Gasteiger charge is 2.35. The van der Waals surface area contributed by atoms with E-state index in [2.05, 4.69) is 143 Å². The van der Waals surface area contributed by atoms with Crippen molar-refractivity contribution in [3.63, 3.8) is 0 Å². The van der Waals surface area contributed by atoms with E-state index in [1.54, 1.807) is 0 Å². The van der Waals surface area contributed by atoms with Crippen molar-refractivity contribution in [3.8, 4) is 28.4 Å². The molecule has 0 amide bonds. The van der Waals surface area contributed by atoms with E-state index in [9.17, 15) is 0 Å². The minimum atomic E-state index is -0.184. The highest BCUT2D eigenvalue weighted by Crippen LogP contribution is 2.55. The van der Waals surface area contributed by atoms with Crippen molar-refractivity contribution in [3.05, 3.63) is 198 Å². The molecule has 0 saturated heterocycles. The number of fused-ring (bicyclic) bond motifs is 8. The third-order valence-corrected chi connectivity index (χ3v) is 12.7. The molecular weight excluding hydrogens is 751 g/mol. The summed E-state index contributed by atoms with van der Waals surface area (Å²) in [7, 11) is 0. The van der Waals surface area contributed by atoms with Crippen molar-refractivity contribution in [2.75, 3.05) is 9.80 Å². The predicted octanol–water partition coefficient (Wildman–Crippen LogP) is 14.6. The number of para-hydroxylation sites is 3. The molecule has 0 spiro atoms. The second-order valence-corrected chi connectivity index (χ2v) is 16.1. The first-order valence-corrected chi connectivity index (χ1v) is 21.0. The molecule has 0 radical (unpaired) electrons. The molecular formula is C55H37N3O3. The minimum absolute atomic E-state index is 0.184. The largest absolute Gasteiger partial charge is 0.485 e. The van der Waals surface area contributed by atoms with Crippen molar-refractivity contribution in [1.29, 1.82) is 0 Å². The molecule has 0 saturated carbocycles. The van der Waals surface area contributed by atoms with Gasteiger partial charge in [0.15, 0.2) is 5.58 Å². The van der Waals surface area contributed by atoms with E-state index in [4.69, 9.17) is 18.9 Å². The lowest BCUT2D eigenvalue weighted by Crippen LogP contribution is -2.29. The van der Waals surface area contributed by atoms with Crippen LogP contribution in [-0.2, 0) is 6.42 Å². The summed E-state index contributed by atoms with van der Waals surface area (Å²) < 4.78 is 20.5.